The van der Waals surface area contributed by atoms with Crippen LogP contribution in [0.1, 0.15) is 54.1 Å². The van der Waals surface area contributed by atoms with Crippen LogP contribution < -0.4 is 0 Å². The van der Waals surface area contributed by atoms with Gasteiger partial charge in [0, 0.05) is 23.6 Å². The summed E-state index contributed by atoms with van der Waals surface area (Å²) < 4.78 is 40.1. The Hall–Kier alpha value is -2.76. The summed E-state index contributed by atoms with van der Waals surface area (Å²) in [6.45, 7) is 4.25. The van der Waals surface area contributed by atoms with E-state index in [-0.39, 0.29) is 6.54 Å². The highest BCUT2D eigenvalue weighted by Gasteiger charge is 2.46. The lowest BCUT2D eigenvalue weighted by Gasteiger charge is -2.38. The number of nitrogens with one attached hydrogen (secondary N) is 1. The lowest BCUT2D eigenvalue weighted by Crippen LogP contribution is -2.46. The fourth-order valence-corrected chi connectivity index (χ4v) is 4.86. The van der Waals surface area contributed by atoms with Gasteiger partial charge >= 0.3 is 12.1 Å². The topological polar surface area (TPSA) is 36.1 Å². The van der Waals surface area contributed by atoms with Gasteiger partial charge in [0.25, 0.3) is 0 Å². The number of carbonyl (C=O) groups is 1. The number of aromatic amines is 1. The lowest BCUT2D eigenvalue weighted by molar-refractivity contribution is -0.188. The number of aryl methyl sites for hydroxylation is 3. The average molecular weight is 428 g/mol. The van der Waals surface area contributed by atoms with Gasteiger partial charge in [0.2, 0.25) is 0 Å². The molecule has 1 unspecified atom stereocenters. The van der Waals surface area contributed by atoms with E-state index in [4.69, 9.17) is 0 Å². The van der Waals surface area contributed by atoms with Crippen LogP contribution >= 0.6 is 0 Å². The van der Waals surface area contributed by atoms with Crippen molar-refractivity contribution in [2.75, 3.05) is 6.54 Å². The Kier molecular flexibility index (Phi) is 5.82. The van der Waals surface area contributed by atoms with E-state index < -0.39 is 18.1 Å². The number of para-hydroxylation sites is 1. The van der Waals surface area contributed by atoms with E-state index in [0.29, 0.717) is 19.3 Å². The van der Waals surface area contributed by atoms with Crippen LogP contribution in [0.5, 0.6) is 0 Å². The van der Waals surface area contributed by atoms with Gasteiger partial charge in [-0.1, -0.05) is 44.2 Å². The number of nitrogens with zero attached hydrogens (tertiary/aromatic N) is 1. The first-order valence-electron chi connectivity index (χ1n) is 10.9. The number of halogens is 3. The highest BCUT2D eigenvalue weighted by atomic mass is 19.4. The second-order valence-electron chi connectivity index (χ2n) is 8.19. The summed E-state index contributed by atoms with van der Waals surface area (Å²) in [5.74, 6) is -1.74. The summed E-state index contributed by atoms with van der Waals surface area (Å²) in [6.07, 6.45) is 0.256. The molecule has 3 nitrogen and oxygen atoms in total. The van der Waals surface area contributed by atoms with Gasteiger partial charge in [-0.05, 0) is 66.0 Å². The Labute approximate surface area is 180 Å². The van der Waals surface area contributed by atoms with Crippen LogP contribution in [-0.2, 0) is 30.5 Å². The molecule has 0 radical (unpaired) electrons. The van der Waals surface area contributed by atoms with Gasteiger partial charge in [0.15, 0.2) is 0 Å². The van der Waals surface area contributed by atoms with E-state index >= 15 is 0 Å². The predicted molar refractivity (Wildman–Crippen MR) is 116 cm³/mol. The minimum Gasteiger partial charge on any atom is -0.361 e. The van der Waals surface area contributed by atoms with Gasteiger partial charge in [0.05, 0.1) is 6.04 Å². The van der Waals surface area contributed by atoms with Crippen molar-refractivity contribution in [2.24, 2.45) is 0 Å². The molecule has 1 atom stereocenters. The molecule has 0 bridgehead atoms. The Morgan fingerprint density at radius 2 is 1.81 bits per heavy atom. The Balaban J connectivity index is 1.71. The average Bonchev–Trinajstić information content (AvgIpc) is 3.18. The summed E-state index contributed by atoms with van der Waals surface area (Å²) in [4.78, 5) is 16.6. The molecule has 31 heavy (non-hydrogen) atoms. The number of aromatic nitrogens is 1. The van der Waals surface area contributed by atoms with E-state index in [0.717, 1.165) is 50.9 Å². The van der Waals surface area contributed by atoms with Crippen LogP contribution in [0.15, 0.2) is 42.6 Å². The molecule has 3 aromatic rings. The SMILES string of the molecule is CCc1cc2c(cc1CC)C(CCc1c[nH]c3ccccc13)N(C(=O)C(F)(F)F)CC2. The largest absolute Gasteiger partial charge is 0.471 e. The van der Waals surface area contributed by atoms with Crippen LogP contribution in [0.2, 0.25) is 0 Å². The molecule has 0 fully saturated rings. The molecule has 2 aromatic carbocycles. The Morgan fingerprint density at radius 3 is 2.52 bits per heavy atom. The molecule has 1 aliphatic rings. The summed E-state index contributed by atoms with van der Waals surface area (Å²) in [6, 6.07) is 11.5. The monoisotopic (exact) mass is 428 g/mol. The smallest absolute Gasteiger partial charge is 0.361 e. The number of rotatable bonds is 5. The zero-order chi connectivity index (χ0) is 22.2. The predicted octanol–water partition coefficient (Wildman–Crippen LogP) is 5.91. The van der Waals surface area contributed by atoms with E-state index in [1.54, 1.807) is 0 Å². The molecule has 1 amide bonds. The van der Waals surface area contributed by atoms with Crippen molar-refractivity contribution in [3.63, 3.8) is 0 Å². The lowest BCUT2D eigenvalue weighted by atomic mass is 9.85. The zero-order valence-corrected chi connectivity index (χ0v) is 17.9. The van der Waals surface area contributed by atoms with Gasteiger partial charge in [-0.2, -0.15) is 13.2 Å². The minimum absolute atomic E-state index is 0.0958. The van der Waals surface area contributed by atoms with Gasteiger partial charge < -0.3 is 9.88 Å². The first-order valence-corrected chi connectivity index (χ1v) is 10.9. The van der Waals surface area contributed by atoms with Crippen LogP contribution in [-0.4, -0.2) is 28.5 Å². The highest BCUT2D eigenvalue weighted by molar-refractivity contribution is 5.83. The van der Waals surface area contributed by atoms with Gasteiger partial charge in [0.1, 0.15) is 0 Å². The van der Waals surface area contributed by atoms with Gasteiger partial charge in [-0.3, -0.25) is 4.79 Å². The normalized spacial score (nSPS) is 16.5. The third-order valence-corrected chi connectivity index (χ3v) is 6.45. The van der Waals surface area contributed by atoms with Crippen LogP contribution in [0.3, 0.4) is 0 Å². The molecule has 0 saturated carbocycles. The standard InChI is InChI=1S/C25H27F3N2O/c1-3-16-13-18-11-12-30(24(31)25(26,27)28)23(21(18)14-17(16)4-2)10-9-19-15-29-22-8-6-5-7-20(19)22/h5-8,13-15,23,29H,3-4,9-12H2,1-2H3. The summed E-state index contributed by atoms with van der Waals surface area (Å²) in [5, 5.41) is 1.07. The quantitative estimate of drug-likeness (QED) is 0.539. The molecule has 1 aliphatic heterocycles. The first kappa shape index (κ1) is 21.5. The van der Waals surface area contributed by atoms with Crippen molar-refractivity contribution in [3.05, 3.63) is 70.4 Å². The number of benzene rings is 2. The maximum absolute atomic E-state index is 13.4. The Bertz CT molecular complexity index is 1100. The summed E-state index contributed by atoms with van der Waals surface area (Å²) in [5.41, 5.74) is 6.41. The molecule has 2 heterocycles. The molecule has 4 rings (SSSR count). The van der Waals surface area contributed by atoms with Crippen LogP contribution in [0, 0.1) is 0 Å². The van der Waals surface area contributed by atoms with Crippen molar-refractivity contribution in [1.29, 1.82) is 0 Å². The highest BCUT2D eigenvalue weighted by Crippen LogP contribution is 2.38. The number of amides is 1. The minimum atomic E-state index is -4.87. The molecule has 0 spiro atoms. The second-order valence-corrected chi connectivity index (χ2v) is 8.19. The summed E-state index contributed by atoms with van der Waals surface area (Å²) in [7, 11) is 0. The van der Waals surface area contributed by atoms with E-state index in [9.17, 15) is 18.0 Å². The van der Waals surface area contributed by atoms with E-state index in [2.05, 4.69) is 24.9 Å². The van der Waals surface area contributed by atoms with E-state index in [1.165, 1.54) is 5.56 Å². The number of fused-ring (bicyclic) bond motifs is 2. The molecular weight excluding hydrogens is 401 g/mol. The fourth-order valence-electron chi connectivity index (χ4n) is 4.86. The van der Waals surface area contributed by atoms with Crippen LogP contribution in [0.25, 0.3) is 10.9 Å². The maximum atomic E-state index is 13.4. The number of hydrogen-bond acceptors (Lipinski definition) is 1. The van der Waals surface area contributed by atoms with Crippen molar-refractivity contribution in [2.45, 2.75) is 58.2 Å². The molecule has 164 valence electrons. The number of carbonyl (C=O) groups excluding carboxylic acids is 1. The van der Waals surface area contributed by atoms with Crippen molar-refractivity contribution >= 4 is 16.8 Å². The number of alkyl halides is 3. The molecule has 1 N–H and O–H groups in total. The third kappa shape index (κ3) is 4.08. The molecule has 1 aromatic heterocycles. The molecule has 6 heteroatoms. The van der Waals surface area contributed by atoms with Crippen molar-refractivity contribution < 1.29 is 18.0 Å². The zero-order valence-electron chi connectivity index (χ0n) is 17.9. The number of hydrogen-bond donors (Lipinski definition) is 1. The van der Waals surface area contributed by atoms with Crippen molar-refractivity contribution in [1.82, 2.24) is 9.88 Å². The first-order chi connectivity index (χ1) is 14.8. The Morgan fingerprint density at radius 1 is 1.10 bits per heavy atom. The summed E-state index contributed by atoms with van der Waals surface area (Å²) >= 11 is 0. The third-order valence-electron chi connectivity index (χ3n) is 6.45. The molecule has 0 aliphatic carbocycles. The number of H-pyrrole nitrogens is 1. The maximum Gasteiger partial charge on any atom is 0.471 e. The van der Waals surface area contributed by atoms with Crippen molar-refractivity contribution in [3.8, 4) is 0 Å². The fraction of sp³-hybridized carbons (Fsp3) is 0.400. The van der Waals surface area contributed by atoms with Crippen LogP contribution in [0.4, 0.5) is 13.2 Å². The molecule has 0 saturated heterocycles. The van der Waals surface area contributed by atoms with Gasteiger partial charge in [-0.25, -0.2) is 0 Å². The van der Waals surface area contributed by atoms with Gasteiger partial charge in [-0.15, -0.1) is 0 Å². The second kappa shape index (κ2) is 8.40. The molecular formula is C25H27F3N2O. The van der Waals surface area contributed by atoms with E-state index in [1.807, 2.05) is 36.5 Å².